The summed E-state index contributed by atoms with van der Waals surface area (Å²) < 4.78 is 55.2. The Morgan fingerprint density at radius 3 is 2.67 bits per heavy atom. The fourth-order valence-electron chi connectivity index (χ4n) is 4.53. The second kappa shape index (κ2) is 9.40. The van der Waals surface area contributed by atoms with Crippen LogP contribution in [0.25, 0.3) is 10.9 Å². The van der Waals surface area contributed by atoms with E-state index in [4.69, 9.17) is 5.11 Å². The van der Waals surface area contributed by atoms with Gasteiger partial charge in [0, 0.05) is 30.1 Å². The third kappa shape index (κ3) is 5.36. The minimum atomic E-state index is -4.56. The Kier molecular flexibility index (Phi) is 6.73. The first-order valence-corrected chi connectivity index (χ1v) is 11.8. The van der Waals surface area contributed by atoms with Crippen molar-refractivity contribution in [2.75, 3.05) is 18.4 Å². The van der Waals surface area contributed by atoms with Crippen LogP contribution < -0.4 is 10.9 Å². The number of fused-ring (bicyclic) bond motifs is 1. The molecule has 2 fully saturated rings. The normalized spacial score (nSPS) is 22.1. The minimum Gasteiger partial charge on any atom is -0.465 e. The Labute approximate surface area is 190 Å². The molecule has 0 bridgehead atoms. The standard InChI is InChI=1S/C21H24F4N4O3S/c22-14-7-12(26-11-3-1-2-4-11)8-15-18(14)19(30)28-17(27-15)10-33-16-5-6-29(20(31)32)9-13(16)21(23,24)25/h7-8,11,13,16,26H,1-6,9-10H2,(H,31,32)(H,27,28,30)/t13-,16-/m0/s1. The number of carboxylic acid groups (broad SMARTS) is 1. The van der Waals surface area contributed by atoms with Crippen molar-refractivity contribution in [2.45, 2.75) is 55.3 Å². The molecule has 1 aliphatic carbocycles. The van der Waals surface area contributed by atoms with Crippen LogP contribution in [0.15, 0.2) is 16.9 Å². The minimum absolute atomic E-state index is 0.00263. The van der Waals surface area contributed by atoms with E-state index in [2.05, 4.69) is 15.3 Å². The lowest BCUT2D eigenvalue weighted by molar-refractivity contribution is -0.182. The molecule has 3 N–H and O–H groups in total. The molecule has 33 heavy (non-hydrogen) atoms. The summed E-state index contributed by atoms with van der Waals surface area (Å²) in [6, 6.07) is 3.08. The van der Waals surface area contributed by atoms with Crippen molar-refractivity contribution in [1.82, 2.24) is 14.9 Å². The van der Waals surface area contributed by atoms with E-state index < -0.39 is 41.4 Å². The van der Waals surface area contributed by atoms with Crippen LogP contribution in [-0.2, 0) is 5.75 Å². The van der Waals surface area contributed by atoms with Gasteiger partial charge in [-0.15, -0.1) is 11.8 Å². The summed E-state index contributed by atoms with van der Waals surface area (Å²) in [5, 5.41) is 11.2. The van der Waals surface area contributed by atoms with Crippen molar-refractivity contribution < 1.29 is 27.5 Å². The SMILES string of the molecule is O=C(O)N1CC[C@H](SCc2nc3cc(NC4CCCC4)cc(F)c3c(=O)[nH]2)[C@@H](C(F)(F)F)C1. The number of aromatic amines is 1. The van der Waals surface area contributed by atoms with Crippen molar-refractivity contribution in [2.24, 2.45) is 5.92 Å². The number of likely N-dealkylation sites (tertiary alicyclic amines) is 1. The first-order chi connectivity index (χ1) is 15.6. The number of rotatable bonds is 5. The summed E-state index contributed by atoms with van der Waals surface area (Å²) in [6.45, 7) is -0.623. The average molecular weight is 489 g/mol. The Balaban J connectivity index is 1.53. The van der Waals surface area contributed by atoms with Gasteiger partial charge in [0.15, 0.2) is 0 Å². The molecule has 1 saturated carbocycles. The maximum atomic E-state index is 14.6. The predicted molar refractivity (Wildman–Crippen MR) is 117 cm³/mol. The molecule has 4 rings (SSSR count). The number of alkyl halides is 3. The smallest absolute Gasteiger partial charge is 0.407 e. The number of nitrogens with zero attached hydrogens (tertiary/aromatic N) is 2. The number of halogens is 4. The average Bonchev–Trinajstić information content (AvgIpc) is 3.23. The number of nitrogens with one attached hydrogen (secondary N) is 2. The van der Waals surface area contributed by atoms with Crippen LogP contribution >= 0.6 is 11.8 Å². The second-order valence-electron chi connectivity index (χ2n) is 8.51. The van der Waals surface area contributed by atoms with Crippen LogP contribution in [0, 0.1) is 11.7 Å². The first kappa shape index (κ1) is 23.7. The molecule has 0 unspecified atom stereocenters. The van der Waals surface area contributed by atoms with E-state index in [0.717, 1.165) is 42.3 Å². The Morgan fingerprint density at radius 2 is 2.00 bits per heavy atom. The number of aromatic nitrogens is 2. The number of H-pyrrole nitrogens is 1. The molecule has 1 aromatic carbocycles. The van der Waals surface area contributed by atoms with Crippen LogP contribution in [0.4, 0.5) is 28.0 Å². The number of anilines is 1. The number of hydrogen-bond donors (Lipinski definition) is 3. The number of piperidine rings is 1. The molecule has 0 radical (unpaired) electrons. The lowest BCUT2D eigenvalue weighted by Gasteiger charge is -2.37. The topological polar surface area (TPSA) is 98.3 Å². The van der Waals surface area contributed by atoms with Gasteiger partial charge in [-0.3, -0.25) is 4.79 Å². The number of amides is 1. The highest BCUT2D eigenvalue weighted by atomic mass is 32.2. The molecular weight excluding hydrogens is 464 g/mol. The summed E-state index contributed by atoms with van der Waals surface area (Å²) in [6.07, 6.45) is -1.76. The number of carbonyl (C=O) groups is 1. The fourth-order valence-corrected chi connectivity index (χ4v) is 5.79. The van der Waals surface area contributed by atoms with Gasteiger partial charge in [-0.05, 0) is 31.4 Å². The molecule has 2 atom stereocenters. The van der Waals surface area contributed by atoms with Crippen molar-refractivity contribution in [3.8, 4) is 0 Å². The summed E-state index contributed by atoms with van der Waals surface area (Å²) in [5.74, 6) is -2.40. The van der Waals surface area contributed by atoms with Gasteiger partial charge in [0.2, 0.25) is 0 Å². The molecule has 1 aromatic heterocycles. The molecule has 2 aliphatic rings. The van der Waals surface area contributed by atoms with Crippen LogP contribution in [0.3, 0.4) is 0 Å². The van der Waals surface area contributed by atoms with Gasteiger partial charge in [-0.25, -0.2) is 14.2 Å². The highest BCUT2D eigenvalue weighted by Gasteiger charge is 2.48. The van der Waals surface area contributed by atoms with Crippen LogP contribution in [0.1, 0.15) is 37.9 Å². The summed E-state index contributed by atoms with van der Waals surface area (Å²) in [5.41, 5.74) is -0.0294. The van der Waals surface area contributed by atoms with Crippen molar-refractivity contribution in [3.05, 3.63) is 34.1 Å². The van der Waals surface area contributed by atoms with Crippen LogP contribution in [0.2, 0.25) is 0 Å². The Hall–Kier alpha value is -2.50. The Bertz CT molecular complexity index is 1090. The highest BCUT2D eigenvalue weighted by Crippen LogP contribution is 2.40. The lowest BCUT2D eigenvalue weighted by atomic mass is 9.97. The zero-order valence-corrected chi connectivity index (χ0v) is 18.4. The van der Waals surface area contributed by atoms with Gasteiger partial charge in [0.25, 0.3) is 5.56 Å². The second-order valence-corrected chi connectivity index (χ2v) is 9.73. The van der Waals surface area contributed by atoms with Gasteiger partial charge < -0.3 is 20.3 Å². The van der Waals surface area contributed by atoms with Crippen molar-refractivity contribution >= 4 is 34.4 Å². The largest absolute Gasteiger partial charge is 0.465 e. The molecule has 12 heteroatoms. The molecule has 2 heterocycles. The van der Waals surface area contributed by atoms with Gasteiger partial charge >= 0.3 is 12.3 Å². The molecule has 1 saturated heterocycles. The maximum Gasteiger partial charge on any atom is 0.407 e. The van der Waals surface area contributed by atoms with E-state index in [9.17, 15) is 27.2 Å². The van der Waals surface area contributed by atoms with E-state index in [1.807, 2.05) is 0 Å². The molecule has 2 aromatic rings. The van der Waals surface area contributed by atoms with Gasteiger partial charge in [0.05, 0.1) is 17.2 Å². The molecule has 1 amide bonds. The van der Waals surface area contributed by atoms with Gasteiger partial charge in [-0.1, -0.05) is 12.8 Å². The van der Waals surface area contributed by atoms with Crippen molar-refractivity contribution in [3.63, 3.8) is 0 Å². The number of hydrogen-bond acceptors (Lipinski definition) is 5. The maximum absolute atomic E-state index is 14.6. The molecule has 180 valence electrons. The van der Waals surface area contributed by atoms with E-state index in [1.54, 1.807) is 6.07 Å². The molecule has 7 nitrogen and oxygen atoms in total. The van der Waals surface area contributed by atoms with E-state index in [1.165, 1.54) is 6.07 Å². The third-order valence-corrected chi connectivity index (χ3v) is 7.64. The summed E-state index contributed by atoms with van der Waals surface area (Å²) in [4.78, 5) is 31.1. The first-order valence-electron chi connectivity index (χ1n) is 10.8. The lowest BCUT2D eigenvalue weighted by Crippen LogP contribution is -2.49. The van der Waals surface area contributed by atoms with Crippen molar-refractivity contribution in [1.29, 1.82) is 0 Å². The summed E-state index contributed by atoms with van der Waals surface area (Å²) >= 11 is 0.969. The van der Waals surface area contributed by atoms with Crippen LogP contribution in [0.5, 0.6) is 0 Å². The van der Waals surface area contributed by atoms with E-state index >= 15 is 0 Å². The number of benzene rings is 1. The predicted octanol–water partition coefficient (Wildman–Crippen LogP) is 4.58. The Morgan fingerprint density at radius 1 is 1.27 bits per heavy atom. The molecule has 1 aliphatic heterocycles. The van der Waals surface area contributed by atoms with E-state index in [-0.39, 0.29) is 41.5 Å². The summed E-state index contributed by atoms with van der Waals surface area (Å²) in [7, 11) is 0. The third-order valence-electron chi connectivity index (χ3n) is 6.21. The quantitative estimate of drug-likeness (QED) is 0.533. The zero-order valence-electron chi connectivity index (χ0n) is 17.6. The highest BCUT2D eigenvalue weighted by molar-refractivity contribution is 7.99. The monoisotopic (exact) mass is 488 g/mol. The fraction of sp³-hybridized carbons (Fsp3) is 0.571. The van der Waals surface area contributed by atoms with Gasteiger partial charge in [0.1, 0.15) is 17.0 Å². The van der Waals surface area contributed by atoms with Crippen LogP contribution in [-0.4, -0.2) is 56.6 Å². The van der Waals surface area contributed by atoms with Gasteiger partial charge in [-0.2, -0.15) is 13.2 Å². The molecular formula is C21H24F4N4O3S. The molecule has 0 spiro atoms. The number of thioether (sulfide) groups is 1. The zero-order chi connectivity index (χ0) is 23.8. The van der Waals surface area contributed by atoms with E-state index in [0.29, 0.717) is 5.69 Å².